The number of likely N-dealkylation sites (tertiary alicyclic amines) is 1. The Morgan fingerprint density at radius 3 is 2.43 bits per heavy atom. The van der Waals surface area contributed by atoms with Crippen molar-refractivity contribution in [3.05, 3.63) is 18.2 Å². The number of halogens is 2. The highest BCUT2D eigenvalue weighted by Crippen LogP contribution is 2.15. The Morgan fingerprint density at radius 2 is 1.95 bits per heavy atom. The highest BCUT2D eigenvalue weighted by atomic mass is 35.5. The molecule has 0 aliphatic carbocycles. The molecular formula is C14H26Cl2N4O. The Bertz CT molecular complexity index is 428. The predicted octanol–water partition coefficient (Wildman–Crippen LogP) is 1.75. The lowest BCUT2D eigenvalue weighted by Crippen LogP contribution is -2.44. The van der Waals surface area contributed by atoms with Gasteiger partial charge in [0.1, 0.15) is 5.82 Å². The number of piperidine rings is 1. The fourth-order valence-electron chi connectivity index (χ4n) is 2.65. The first-order valence-electron chi connectivity index (χ1n) is 6.98. The monoisotopic (exact) mass is 336 g/mol. The van der Waals surface area contributed by atoms with E-state index in [-0.39, 0.29) is 30.7 Å². The van der Waals surface area contributed by atoms with E-state index in [9.17, 15) is 4.79 Å². The fraction of sp³-hybridized carbons (Fsp3) is 0.714. The SMILES string of the molecule is CN(C)C1CCN(C(=O)CCc2nccn2C)CC1.Cl.Cl. The van der Waals surface area contributed by atoms with Gasteiger partial charge >= 0.3 is 0 Å². The molecule has 0 N–H and O–H groups in total. The van der Waals surface area contributed by atoms with Gasteiger partial charge in [0.05, 0.1) is 0 Å². The smallest absolute Gasteiger partial charge is 0.223 e. The van der Waals surface area contributed by atoms with Crippen LogP contribution in [0.3, 0.4) is 0 Å². The molecule has 7 heteroatoms. The van der Waals surface area contributed by atoms with E-state index in [4.69, 9.17) is 0 Å². The van der Waals surface area contributed by atoms with E-state index in [0.29, 0.717) is 12.5 Å². The largest absolute Gasteiger partial charge is 0.343 e. The standard InChI is InChI=1S/C14H24N4O.2ClH/c1-16(2)12-6-9-18(10-7-12)14(19)5-4-13-15-8-11-17(13)3;;/h8,11-12H,4-7,9-10H2,1-3H3;2*1H. The molecule has 2 heterocycles. The van der Waals surface area contributed by atoms with Gasteiger partial charge in [0.15, 0.2) is 0 Å². The Balaban J connectivity index is 0.00000200. The number of hydrogen-bond donors (Lipinski definition) is 0. The van der Waals surface area contributed by atoms with Crippen LogP contribution in [0.1, 0.15) is 25.1 Å². The molecule has 1 amide bonds. The Morgan fingerprint density at radius 1 is 1.33 bits per heavy atom. The molecule has 0 radical (unpaired) electrons. The second-order valence-electron chi connectivity index (χ2n) is 5.53. The number of hydrogen-bond acceptors (Lipinski definition) is 3. The van der Waals surface area contributed by atoms with Crippen LogP contribution in [-0.4, -0.2) is 58.5 Å². The molecule has 0 spiro atoms. The van der Waals surface area contributed by atoms with Crippen LogP contribution in [0, 0.1) is 0 Å². The van der Waals surface area contributed by atoms with E-state index >= 15 is 0 Å². The average molecular weight is 337 g/mol. The fourth-order valence-corrected chi connectivity index (χ4v) is 2.65. The van der Waals surface area contributed by atoms with Crippen LogP contribution in [-0.2, 0) is 18.3 Å². The second-order valence-corrected chi connectivity index (χ2v) is 5.53. The summed E-state index contributed by atoms with van der Waals surface area (Å²) in [6, 6.07) is 0.624. The minimum absolute atomic E-state index is 0. The van der Waals surface area contributed by atoms with Crippen LogP contribution in [0.15, 0.2) is 12.4 Å². The summed E-state index contributed by atoms with van der Waals surface area (Å²) in [5, 5.41) is 0. The van der Waals surface area contributed by atoms with Gasteiger partial charge in [-0.2, -0.15) is 0 Å². The highest BCUT2D eigenvalue weighted by molar-refractivity contribution is 5.85. The van der Waals surface area contributed by atoms with Crippen molar-refractivity contribution in [2.45, 2.75) is 31.7 Å². The van der Waals surface area contributed by atoms with Gasteiger partial charge in [-0.25, -0.2) is 4.98 Å². The number of carbonyl (C=O) groups is 1. The third kappa shape index (κ3) is 5.49. The Labute approximate surface area is 139 Å². The summed E-state index contributed by atoms with van der Waals surface area (Å²) < 4.78 is 1.98. The zero-order valence-corrected chi connectivity index (χ0v) is 14.6. The normalized spacial score (nSPS) is 15.5. The predicted molar refractivity (Wildman–Crippen MR) is 89.3 cm³/mol. The molecule has 0 unspecified atom stereocenters. The molecule has 122 valence electrons. The van der Waals surface area contributed by atoms with E-state index in [1.54, 1.807) is 6.20 Å². The van der Waals surface area contributed by atoms with E-state index in [1.165, 1.54) is 0 Å². The maximum Gasteiger partial charge on any atom is 0.223 e. The number of imidazole rings is 1. The van der Waals surface area contributed by atoms with Gasteiger partial charge in [-0.3, -0.25) is 4.79 Å². The lowest BCUT2D eigenvalue weighted by Gasteiger charge is -2.35. The van der Waals surface area contributed by atoms with Crippen molar-refractivity contribution in [1.82, 2.24) is 19.4 Å². The molecule has 1 aromatic rings. The summed E-state index contributed by atoms with van der Waals surface area (Å²) in [7, 11) is 6.20. The number of rotatable bonds is 4. The van der Waals surface area contributed by atoms with Crippen LogP contribution in [0.25, 0.3) is 0 Å². The molecule has 0 aromatic carbocycles. The number of aromatic nitrogens is 2. The molecule has 1 saturated heterocycles. The van der Waals surface area contributed by atoms with Gasteiger partial charge in [-0.15, -0.1) is 24.8 Å². The molecule has 0 bridgehead atoms. The van der Waals surface area contributed by atoms with Crippen molar-refractivity contribution >= 4 is 30.7 Å². The zero-order valence-electron chi connectivity index (χ0n) is 13.0. The van der Waals surface area contributed by atoms with Crippen LogP contribution in [0.5, 0.6) is 0 Å². The van der Waals surface area contributed by atoms with Crippen LogP contribution in [0.4, 0.5) is 0 Å². The molecule has 1 fully saturated rings. The number of amides is 1. The van der Waals surface area contributed by atoms with Crippen molar-refractivity contribution in [2.75, 3.05) is 27.2 Å². The minimum Gasteiger partial charge on any atom is -0.343 e. The van der Waals surface area contributed by atoms with Crippen molar-refractivity contribution in [3.63, 3.8) is 0 Å². The molecule has 5 nitrogen and oxygen atoms in total. The third-order valence-corrected chi connectivity index (χ3v) is 4.03. The minimum atomic E-state index is 0. The Kier molecular flexibility index (Phi) is 8.94. The van der Waals surface area contributed by atoms with Gasteiger partial charge in [0, 0.05) is 51.4 Å². The summed E-state index contributed by atoms with van der Waals surface area (Å²) in [5.74, 6) is 1.25. The average Bonchev–Trinajstić information content (AvgIpc) is 2.81. The Hall–Kier alpha value is -0.780. The van der Waals surface area contributed by atoms with Crippen molar-refractivity contribution < 1.29 is 4.79 Å². The molecule has 1 aliphatic heterocycles. The molecule has 0 saturated carbocycles. The van der Waals surface area contributed by atoms with Crippen molar-refractivity contribution in [2.24, 2.45) is 7.05 Å². The van der Waals surface area contributed by atoms with Crippen LogP contribution in [0.2, 0.25) is 0 Å². The highest BCUT2D eigenvalue weighted by Gasteiger charge is 2.23. The van der Waals surface area contributed by atoms with E-state index in [1.807, 2.05) is 22.7 Å². The molecule has 1 aliphatic rings. The first kappa shape index (κ1) is 20.2. The van der Waals surface area contributed by atoms with Gasteiger partial charge in [-0.05, 0) is 26.9 Å². The van der Waals surface area contributed by atoms with Gasteiger partial charge in [0.2, 0.25) is 5.91 Å². The van der Waals surface area contributed by atoms with Gasteiger partial charge < -0.3 is 14.4 Å². The van der Waals surface area contributed by atoms with Crippen LogP contribution < -0.4 is 0 Å². The third-order valence-electron chi connectivity index (χ3n) is 4.03. The quantitative estimate of drug-likeness (QED) is 0.841. The number of aryl methyl sites for hydroxylation is 2. The first-order chi connectivity index (χ1) is 9.08. The summed E-state index contributed by atoms with van der Waals surface area (Å²) >= 11 is 0. The zero-order chi connectivity index (χ0) is 13.8. The van der Waals surface area contributed by atoms with E-state index < -0.39 is 0 Å². The van der Waals surface area contributed by atoms with Crippen molar-refractivity contribution in [3.8, 4) is 0 Å². The summed E-state index contributed by atoms with van der Waals surface area (Å²) in [5.41, 5.74) is 0. The molecule has 2 rings (SSSR count). The summed E-state index contributed by atoms with van der Waals surface area (Å²) in [6.07, 6.45) is 7.17. The van der Waals surface area contributed by atoms with Crippen LogP contribution >= 0.6 is 24.8 Å². The lowest BCUT2D eigenvalue weighted by atomic mass is 10.0. The lowest BCUT2D eigenvalue weighted by molar-refractivity contribution is -0.132. The van der Waals surface area contributed by atoms with E-state index in [2.05, 4.69) is 24.0 Å². The van der Waals surface area contributed by atoms with Gasteiger partial charge in [0.25, 0.3) is 0 Å². The summed E-state index contributed by atoms with van der Waals surface area (Å²) in [6.45, 7) is 1.78. The number of nitrogens with zero attached hydrogens (tertiary/aromatic N) is 4. The van der Waals surface area contributed by atoms with Crippen molar-refractivity contribution in [1.29, 1.82) is 0 Å². The second kappa shape index (κ2) is 9.28. The first-order valence-corrected chi connectivity index (χ1v) is 6.98. The van der Waals surface area contributed by atoms with E-state index in [0.717, 1.165) is 38.2 Å². The molecular weight excluding hydrogens is 311 g/mol. The molecule has 1 aromatic heterocycles. The molecule has 21 heavy (non-hydrogen) atoms. The molecule has 0 atom stereocenters. The maximum atomic E-state index is 12.2. The number of carbonyl (C=O) groups excluding carboxylic acids is 1. The topological polar surface area (TPSA) is 41.4 Å². The van der Waals surface area contributed by atoms with Gasteiger partial charge in [-0.1, -0.05) is 0 Å². The summed E-state index contributed by atoms with van der Waals surface area (Å²) in [4.78, 5) is 20.7. The maximum absolute atomic E-state index is 12.2.